The number of hydrogen-bond donors (Lipinski definition) is 1. The molecule has 2 aliphatic rings. The van der Waals surface area contributed by atoms with Crippen LogP contribution in [0.15, 0.2) is 18.2 Å². The Bertz CT molecular complexity index is 460. The SMILES string of the molecule is COc1cc(N(C)CC2CC3CCC2C3)ccc1N. The van der Waals surface area contributed by atoms with Crippen molar-refractivity contribution >= 4 is 11.4 Å². The van der Waals surface area contributed by atoms with Crippen LogP contribution >= 0.6 is 0 Å². The van der Waals surface area contributed by atoms with E-state index in [0.29, 0.717) is 5.69 Å². The van der Waals surface area contributed by atoms with Crippen molar-refractivity contribution in [1.82, 2.24) is 0 Å². The second kappa shape index (κ2) is 4.95. The number of fused-ring (bicyclic) bond motifs is 2. The fourth-order valence-electron chi connectivity index (χ4n) is 3.99. The Morgan fingerprint density at radius 2 is 2.16 bits per heavy atom. The standard InChI is InChI=1S/C16H24N2O/c1-18(10-13-8-11-3-4-12(13)7-11)14-5-6-15(17)16(9-14)19-2/h5-6,9,11-13H,3-4,7-8,10,17H2,1-2H3. The van der Waals surface area contributed by atoms with Gasteiger partial charge in [0.1, 0.15) is 5.75 Å². The summed E-state index contributed by atoms with van der Waals surface area (Å²) in [7, 11) is 3.85. The van der Waals surface area contributed by atoms with E-state index >= 15 is 0 Å². The summed E-state index contributed by atoms with van der Waals surface area (Å²) < 4.78 is 5.30. The van der Waals surface area contributed by atoms with Crippen LogP contribution in [0.4, 0.5) is 11.4 Å². The van der Waals surface area contributed by atoms with Crippen molar-refractivity contribution < 1.29 is 4.74 Å². The molecular weight excluding hydrogens is 236 g/mol. The van der Waals surface area contributed by atoms with Crippen molar-refractivity contribution in [1.29, 1.82) is 0 Å². The molecule has 19 heavy (non-hydrogen) atoms. The van der Waals surface area contributed by atoms with Crippen LogP contribution in [0.2, 0.25) is 0 Å². The quantitative estimate of drug-likeness (QED) is 0.845. The van der Waals surface area contributed by atoms with E-state index in [9.17, 15) is 0 Å². The predicted molar refractivity (Wildman–Crippen MR) is 79.6 cm³/mol. The minimum atomic E-state index is 0.708. The number of nitrogens with zero attached hydrogens (tertiary/aromatic N) is 1. The number of rotatable bonds is 4. The molecule has 2 fully saturated rings. The van der Waals surface area contributed by atoms with Crippen LogP contribution in [0, 0.1) is 17.8 Å². The molecular formula is C16H24N2O. The monoisotopic (exact) mass is 260 g/mol. The molecule has 0 heterocycles. The summed E-state index contributed by atoms with van der Waals surface area (Å²) in [5.41, 5.74) is 7.78. The number of ether oxygens (including phenoxy) is 1. The van der Waals surface area contributed by atoms with Gasteiger partial charge in [-0.25, -0.2) is 0 Å². The molecule has 0 spiro atoms. The van der Waals surface area contributed by atoms with Gasteiger partial charge >= 0.3 is 0 Å². The van der Waals surface area contributed by atoms with E-state index in [1.807, 2.05) is 12.1 Å². The van der Waals surface area contributed by atoms with Crippen molar-refractivity contribution in [3.63, 3.8) is 0 Å². The van der Waals surface area contributed by atoms with Crippen LogP contribution in [0.25, 0.3) is 0 Å². The van der Waals surface area contributed by atoms with E-state index in [-0.39, 0.29) is 0 Å². The molecule has 3 rings (SSSR count). The molecule has 0 radical (unpaired) electrons. The first-order valence-corrected chi connectivity index (χ1v) is 7.32. The van der Waals surface area contributed by atoms with Crippen LogP contribution in [0.1, 0.15) is 25.7 Å². The molecule has 2 saturated carbocycles. The molecule has 0 aromatic heterocycles. The third-order valence-corrected chi connectivity index (χ3v) is 5.05. The zero-order valence-corrected chi connectivity index (χ0v) is 11.9. The highest BCUT2D eigenvalue weighted by Crippen LogP contribution is 2.48. The average Bonchev–Trinajstić information content (AvgIpc) is 3.01. The Hall–Kier alpha value is -1.38. The van der Waals surface area contributed by atoms with Gasteiger partial charge in [0, 0.05) is 25.3 Å². The molecule has 3 heteroatoms. The minimum Gasteiger partial charge on any atom is -0.495 e. The van der Waals surface area contributed by atoms with E-state index in [0.717, 1.165) is 30.0 Å². The maximum atomic E-state index is 5.87. The second-order valence-corrected chi connectivity index (χ2v) is 6.24. The largest absolute Gasteiger partial charge is 0.495 e. The zero-order chi connectivity index (χ0) is 13.4. The summed E-state index contributed by atoms with van der Waals surface area (Å²) in [6, 6.07) is 6.07. The second-order valence-electron chi connectivity index (χ2n) is 6.24. The Kier molecular flexibility index (Phi) is 3.29. The first-order chi connectivity index (χ1) is 9.17. The maximum Gasteiger partial charge on any atom is 0.143 e. The smallest absolute Gasteiger partial charge is 0.143 e. The highest BCUT2D eigenvalue weighted by Gasteiger charge is 2.39. The summed E-state index contributed by atoms with van der Waals surface area (Å²) in [6.07, 6.45) is 5.83. The van der Waals surface area contributed by atoms with Crippen LogP contribution in [0.5, 0.6) is 5.75 Å². The van der Waals surface area contributed by atoms with Gasteiger partial charge < -0.3 is 15.4 Å². The van der Waals surface area contributed by atoms with E-state index in [4.69, 9.17) is 10.5 Å². The minimum absolute atomic E-state index is 0.708. The third-order valence-electron chi connectivity index (χ3n) is 5.05. The maximum absolute atomic E-state index is 5.87. The van der Waals surface area contributed by atoms with Crippen molar-refractivity contribution in [2.45, 2.75) is 25.7 Å². The molecule has 1 aromatic rings. The highest BCUT2D eigenvalue weighted by atomic mass is 16.5. The number of methoxy groups -OCH3 is 1. The Morgan fingerprint density at radius 3 is 2.79 bits per heavy atom. The molecule has 2 aliphatic carbocycles. The number of anilines is 2. The Balaban J connectivity index is 1.68. The lowest BCUT2D eigenvalue weighted by Gasteiger charge is -2.28. The topological polar surface area (TPSA) is 38.5 Å². The lowest BCUT2D eigenvalue weighted by atomic mass is 9.88. The number of benzene rings is 1. The molecule has 3 nitrogen and oxygen atoms in total. The molecule has 3 atom stereocenters. The van der Waals surface area contributed by atoms with Crippen molar-refractivity contribution in [3.8, 4) is 5.75 Å². The van der Waals surface area contributed by atoms with Gasteiger partial charge in [-0.2, -0.15) is 0 Å². The van der Waals surface area contributed by atoms with Gasteiger partial charge in [0.15, 0.2) is 0 Å². The van der Waals surface area contributed by atoms with E-state index in [1.54, 1.807) is 7.11 Å². The van der Waals surface area contributed by atoms with Crippen LogP contribution in [-0.2, 0) is 0 Å². The van der Waals surface area contributed by atoms with Gasteiger partial charge in [-0.05, 0) is 49.1 Å². The summed E-state index contributed by atoms with van der Waals surface area (Å²) in [4.78, 5) is 2.35. The Labute approximate surface area is 115 Å². The molecule has 0 saturated heterocycles. The van der Waals surface area contributed by atoms with Crippen LogP contribution in [-0.4, -0.2) is 20.7 Å². The summed E-state index contributed by atoms with van der Waals surface area (Å²) >= 11 is 0. The lowest BCUT2D eigenvalue weighted by molar-refractivity contribution is 0.337. The van der Waals surface area contributed by atoms with Crippen molar-refractivity contribution in [2.75, 3.05) is 31.3 Å². The summed E-state index contributed by atoms with van der Waals surface area (Å²) in [6.45, 7) is 1.16. The van der Waals surface area contributed by atoms with Crippen molar-refractivity contribution in [2.24, 2.45) is 17.8 Å². The lowest BCUT2D eigenvalue weighted by Crippen LogP contribution is -2.28. The van der Waals surface area contributed by atoms with Crippen LogP contribution in [0.3, 0.4) is 0 Å². The average molecular weight is 260 g/mol. The Morgan fingerprint density at radius 1 is 1.32 bits per heavy atom. The van der Waals surface area contributed by atoms with Gasteiger partial charge in [-0.3, -0.25) is 0 Å². The first kappa shape index (κ1) is 12.6. The molecule has 3 unspecified atom stereocenters. The van der Waals surface area contributed by atoms with Gasteiger partial charge in [0.05, 0.1) is 12.8 Å². The van der Waals surface area contributed by atoms with E-state index in [1.165, 1.54) is 31.4 Å². The molecule has 0 amide bonds. The molecule has 0 aliphatic heterocycles. The normalized spacial score (nSPS) is 28.6. The summed E-state index contributed by atoms with van der Waals surface area (Å²) in [5.74, 6) is 3.65. The fraction of sp³-hybridized carbons (Fsp3) is 0.625. The zero-order valence-electron chi connectivity index (χ0n) is 11.9. The molecule has 104 valence electrons. The van der Waals surface area contributed by atoms with Gasteiger partial charge in [0.25, 0.3) is 0 Å². The molecule has 2 N–H and O–H groups in total. The van der Waals surface area contributed by atoms with Gasteiger partial charge in [-0.1, -0.05) is 6.42 Å². The van der Waals surface area contributed by atoms with E-state index < -0.39 is 0 Å². The third kappa shape index (κ3) is 2.38. The fourth-order valence-corrected chi connectivity index (χ4v) is 3.99. The molecule has 1 aromatic carbocycles. The van der Waals surface area contributed by atoms with Crippen LogP contribution < -0.4 is 15.4 Å². The summed E-state index contributed by atoms with van der Waals surface area (Å²) in [5, 5.41) is 0. The van der Waals surface area contributed by atoms with Gasteiger partial charge in [-0.15, -0.1) is 0 Å². The number of nitrogen functional groups attached to an aromatic ring is 1. The van der Waals surface area contributed by atoms with Crippen molar-refractivity contribution in [3.05, 3.63) is 18.2 Å². The van der Waals surface area contributed by atoms with Gasteiger partial charge in [0.2, 0.25) is 0 Å². The van der Waals surface area contributed by atoms with E-state index in [2.05, 4.69) is 18.0 Å². The highest BCUT2D eigenvalue weighted by molar-refractivity contribution is 5.62. The molecule has 2 bridgehead atoms. The predicted octanol–water partition coefficient (Wildman–Crippen LogP) is 3.15. The number of hydrogen-bond acceptors (Lipinski definition) is 3. The first-order valence-electron chi connectivity index (χ1n) is 7.32. The number of nitrogens with two attached hydrogens (primary N) is 1.